The molecule has 0 spiro atoms. The maximum absolute atomic E-state index is 9.73. The summed E-state index contributed by atoms with van der Waals surface area (Å²) in [5.74, 6) is 3.44. The molecule has 0 bridgehead atoms. The van der Waals surface area contributed by atoms with Gasteiger partial charge in [0.1, 0.15) is 0 Å². The zero-order valence-corrected chi connectivity index (χ0v) is 6.04. The van der Waals surface area contributed by atoms with Crippen LogP contribution in [-0.2, 0) is 9.63 Å². The first kappa shape index (κ1) is 10.8. The quantitative estimate of drug-likeness (QED) is 0.592. The summed E-state index contributed by atoms with van der Waals surface area (Å²) in [5, 5.41) is 7.98. The summed E-state index contributed by atoms with van der Waals surface area (Å²) >= 11 is 0. The van der Waals surface area contributed by atoms with E-state index in [-0.39, 0.29) is 17.0 Å². The molecule has 0 saturated carbocycles. The molecular weight excluding hydrogens is 178 g/mol. The highest BCUT2D eigenvalue weighted by Gasteiger charge is 2.07. The van der Waals surface area contributed by atoms with Crippen LogP contribution in [0.5, 0.6) is 0 Å². The Morgan fingerprint density at radius 2 is 2.25 bits per heavy atom. The molecule has 0 aromatic carbocycles. The zero-order valence-electron chi connectivity index (χ0n) is 4.33. The predicted octanol–water partition coefficient (Wildman–Crippen LogP) is -0.0723. The van der Waals surface area contributed by atoms with Crippen LogP contribution >= 0.6 is 17.0 Å². The molecule has 4 nitrogen and oxygen atoms in total. The van der Waals surface area contributed by atoms with Crippen molar-refractivity contribution in [1.29, 1.82) is 0 Å². The molecule has 0 rings (SSSR count). The van der Waals surface area contributed by atoms with E-state index in [0.717, 1.165) is 0 Å². The van der Waals surface area contributed by atoms with E-state index in [4.69, 9.17) is 5.11 Å². The summed E-state index contributed by atoms with van der Waals surface area (Å²) in [6.45, 7) is 1.35. The zero-order chi connectivity index (χ0) is 5.86. The summed E-state index contributed by atoms with van der Waals surface area (Å²) in [6, 6.07) is 0. The van der Waals surface area contributed by atoms with Gasteiger partial charge >= 0.3 is 5.97 Å². The fourth-order valence-electron chi connectivity index (χ4n) is 0.0582. The van der Waals surface area contributed by atoms with Gasteiger partial charge in [0.25, 0.3) is 0 Å². The van der Waals surface area contributed by atoms with Crippen molar-refractivity contribution in [3.05, 3.63) is 0 Å². The average Bonchev–Trinajstić information content (AvgIpc) is 1.65. The second kappa shape index (κ2) is 5.02. The van der Waals surface area contributed by atoms with E-state index >= 15 is 0 Å². The number of halogens is 1. The summed E-state index contributed by atoms with van der Waals surface area (Å²) in [5.41, 5.74) is 0. The van der Waals surface area contributed by atoms with Gasteiger partial charge in [-0.2, -0.15) is 0 Å². The van der Waals surface area contributed by atoms with E-state index in [1.54, 1.807) is 0 Å². The SMILES string of the molecule is Br.CC(ON)C(=O)O. The number of carbonyl (C=O) groups is 1. The molecule has 0 aliphatic carbocycles. The topological polar surface area (TPSA) is 72.5 Å². The molecule has 5 heteroatoms. The van der Waals surface area contributed by atoms with Crippen LogP contribution in [0.4, 0.5) is 0 Å². The van der Waals surface area contributed by atoms with Crippen molar-refractivity contribution in [2.24, 2.45) is 5.90 Å². The largest absolute Gasteiger partial charge is 0.479 e. The number of aliphatic carboxylic acids is 1. The van der Waals surface area contributed by atoms with Crippen molar-refractivity contribution in [1.82, 2.24) is 0 Å². The summed E-state index contributed by atoms with van der Waals surface area (Å²) < 4.78 is 0. The monoisotopic (exact) mass is 185 g/mol. The third-order valence-electron chi connectivity index (χ3n) is 0.552. The molecule has 0 radical (unpaired) electrons. The third kappa shape index (κ3) is 4.04. The molecule has 1 unspecified atom stereocenters. The van der Waals surface area contributed by atoms with Gasteiger partial charge in [0.15, 0.2) is 6.10 Å². The molecule has 3 N–H and O–H groups in total. The number of carboxylic acids is 1. The second-order valence-corrected chi connectivity index (χ2v) is 1.12. The molecule has 0 aromatic rings. The van der Waals surface area contributed by atoms with Crippen molar-refractivity contribution in [3.8, 4) is 0 Å². The summed E-state index contributed by atoms with van der Waals surface area (Å²) in [7, 11) is 0. The van der Waals surface area contributed by atoms with E-state index in [2.05, 4.69) is 10.7 Å². The molecule has 0 aromatic heterocycles. The Kier molecular flexibility index (Phi) is 6.76. The standard InChI is InChI=1S/C3H7NO3.BrH/c1-2(7-4)3(5)6;/h2H,4H2,1H3,(H,5,6);1H. The van der Waals surface area contributed by atoms with Crippen LogP contribution in [0.3, 0.4) is 0 Å². The fourth-order valence-corrected chi connectivity index (χ4v) is 0.0582. The first-order valence-corrected chi connectivity index (χ1v) is 1.77. The first-order valence-electron chi connectivity index (χ1n) is 1.77. The lowest BCUT2D eigenvalue weighted by molar-refractivity contribution is -0.149. The van der Waals surface area contributed by atoms with Crippen LogP contribution in [0.1, 0.15) is 6.92 Å². The minimum Gasteiger partial charge on any atom is -0.479 e. The van der Waals surface area contributed by atoms with Gasteiger partial charge in [-0.05, 0) is 6.92 Å². The Bertz CT molecular complexity index is 76.9. The Labute approximate surface area is 57.3 Å². The smallest absolute Gasteiger partial charge is 0.334 e. The van der Waals surface area contributed by atoms with Crippen molar-refractivity contribution in [2.75, 3.05) is 0 Å². The highest BCUT2D eigenvalue weighted by Crippen LogP contribution is 1.80. The van der Waals surface area contributed by atoms with E-state index in [0.29, 0.717) is 0 Å². The number of rotatable bonds is 2. The number of hydrogen-bond donors (Lipinski definition) is 2. The first-order chi connectivity index (χ1) is 3.18. The van der Waals surface area contributed by atoms with Crippen molar-refractivity contribution in [3.63, 3.8) is 0 Å². The van der Waals surface area contributed by atoms with E-state index in [9.17, 15) is 4.79 Å². The van der Waals surface area contributed by atoms with E-state index in [1.807, 2.05) is 0 Å². The summed E-state index contributed by atoms with van der Waals surface area (Å²) in [6.07, 6.45) is -0.903. The Balaban J connectivity index is 0. The minimum absolute atomic E-state index is 0. The maximum atomic E-state index is 9.73. The van der Waals surface area contributed by atoms with Crippen LogP contribution in [0.25, 0.3) is 0 Å². The van der Waals surface area contributed by atoms with Crippen LogP contribution in [0.2, 0.25) is 0 Å². The molecule has 0 aliphatic heterocycles. The molecule has 50 valence electrons. The van der Waals surface area contributed by atoms with Gasteiger partial charge in [-0.25, -0.2) is 10.7 Å². The fraction of sp³-hybridized carbons (Fsp3) is 0.667. The molecular formula is C3H8BrNO3. The molecule has 1 atom stereocenters. The molecule has 0 saturated heterocycles. The Morgan fingerprint density at radius 3 is 2.25 bits per heavy atom. The summed E-state index contributed by atoms with van der Waals surface area (Å²) in [4.78, 5) is 13.6. The van der Waals surface area contributed by atoms with E-state index in [1.165, 1.54) is 6.92 Å². The minimum atomic E-state index is -1.05. The van der Waals surface area contributed by atoms with Gasteiger partial charge in [0.05, 0.1) is 0 Å². The predicted molar refractivity (Wildman–Crippen MR) is 32.7 cm³/mol. The number of carboxylic acid groups (broad SMARTS) is 1. The van der Waals surface area contributed by atoms with Crippen molar-refractivity contribution in [2.45, 2.75) is 13.0 Å². The average molecular weight is 186 g/mol. The normalized spacial score (nSPS) is 11.8. The van der Waals surface area contributed by atoms with E-state index < -0.39 is 12.1 Å². The Hall–Kier alpha value is -0.130. The maximum Gasteiger partial charge on any atom is 0.334 e. The lowest BCUT2D eigenvalue weighted by atomic mass is 10.4. The van der Waals surface area contributed by atoms with Crippen LogP contribution in [-0.4, -0.2) is 17.2 Å². The van der Waals surface area contributed by atoms with Gasteiger partial charge in [-0.3, -0.25) is 4.84 Å². The second-order valence-electron chi connectivity index (χ2n) is 1.12. The Morgan fingerprint density at radius 1 is 1.88 bits per heavy atom. The van der Waals surface area contributed by atoms with Gasteiger partial charge in [-0.1, -0.05) is 0 Å². The molecule has 0 aliphatic rings. The van der Waals surface area contributed by atoms with Gasteiger partial charge in [0, 0.05) is 0 Å². The van der Waals surface area contributed by atoms with Crippen LogP contribution in [0.15, 0.2) is 0 Å². The third-order valence-corrected chi connectivity index (χ3v) is 0.552. The highest BCUT2D eigenvalue weighted by molar-refractivity contribution is 8.93. The molecule has 0 amide bonds. The molecule has 0 fully saturated rings. The molecule has 0 heterocycles. The van der Waals surface area contributed by atoms with Crippen LogP contribution < -0.4 is 5.90 Å². The highest BCUT2D eigenvalue weighted by atomic mass is 79.9. The number of nitrogens with two attached hydrogens (primary N) is 1. The molecule has 8 heavy (non-hydrogen) atoms. The van der Waals surface area contributed by atoms with Gasteiger partial charge in [-0.15, -0.1) is 17.0 Å². The number of hydrogen-bond acceptors (Lipinski definition) is 3. The van der Waals surface area contributed by atoms with Crippen molar-refractivity contribution < 1.29 is 14.7 Å². The van der Waals surface area contributed by atoms with Crippen molar-refractivity contribution >= 4 is 23.0 Å². The van der Waals surface area contributed by atoms with Crippen LogP contribution in [0, 0.1) is 0 Å². The lowest BCUT2D eigenvalue weighted by Gasteiger charge is -1.97. The lowest BCUT2D eigenvalue weighted by Crippen LogP contribution is -2.22. The van der Waals surface area contributed by atoms with Gasteiger partial charge in [0.2, 0.25) is 0 Å². The van der Waals surface area contributed by atoms with Gasteiger partial charge < -0.3 is 5.11 Å².